The summed E-state index contributed by atoms with van der Waals surface area (Å²) in [6.45, 7) is 5.39. The summed E-state index contributed by atoms with van der Waals surface area (Å²) in [4.78, 5) is 31.7. The van der Waals surface area contributed by atoms with Gasteiger partial charge < -0.3 is 14.2 Å². The van der Waals surface area contributed by atoms with Crippen LogP contribution in [0.3, 0.4) is 0 Å². The number of hydrogen-bond acceptors (Lipinski definition) is 9. The molecule has 2 atom stereocenters. The fraction of sp³-hybridized carbons (Fsp3) is 0.500. The lowest BCUT2D eigenvalue weighted by molar-refractivity contribution is -0.141. The molecule has 0 aliphatic carbocycles. The van der Waals surface area contributed by atoms with Crippen LogP contribution >= 0.6 is 11.8 Å². The van der Waals surface area contributed by atoms with Gasteiger partial charge in [-0.1, -0.05) is 5.16 Å². The van der Waals surface area contributed by atoms with E-state index in [9.17, 15) is 18.0 Å². The van der Waals surface area contributed by atoms with E-state index >= 15 is 0 Å². The molecule has 1 aliphatic rings. The SMILES string of the molecule is CCN(C(=O)[C@@H](C)OC(=O)c1ccc(SCc2nc(C)no2)cc1)[C@@H]1CCS(=O)(=O)C1. The third-order valence-corrected chi connectivity index (χ3v) is 7.67. The van der Waals surface area contributed by atoms with Crippen molar-refractivity contribution >= 4 is 33.5 Å². The lowest BCUT2D eigenvalue weighted by Gasteiger charge is -2.29. The average molecular weight is 468 g/mol. The second-order valence-corrected chi connectivity index (χ2v) is 10.6. The number of nitrogens with zero attached hydrogens (tertiary/aromatic N) is 3. The molecule has 2 heterocycles. The first-order valence-corrected chi connectivity index (χ1v) is 12.7. The minimum Gasteiger partial charge on any atom is -0.449 e. The zero-order valence-electron chi connectivity index (χ0n) is 17.6. The van der Waals surface area contributed by atoms with Crippen molar-refractivity contribution in [2.45, 2.75) is 50.0 Å². The van der Waals surface area contributed by atoms with Gasteiger partial charge in [0.2, 0.25) is 5.89 Å². The lowest BCUT2D eigenvalue weighted by atomic mass is 10.2. The maximum absolute atomic E-state index is 12.7. The molecule has 1 aromatic heterocycles. The Balaban J connectivity index is 1.55. The summed E-state index contributed by atoms with van der Waals surface area (Å²) < 4.78 is 33.9. The number of benzene rings is 1. The molecule has 0 saturated carbocycles. The Bertz CT molecular complexity index is 1040. The number of carbonyl (C=O) groups is 2. The van der Waals surface area contributed by atoms with Gasteiger partial charge in [-0.25, -0.2) is 13.2 Å². The van der Waals surface area contributed by atoms with E-state index in [0.29, 0.717) is 36.0 Å². The number of sulfone groups is 1. The van der Waals surface area contributed by atoms with Crippen LogP contribution in [0.2, 0.25) is 0 Å². The highest BCUT2D eigenvalue weighted by Gasteiger charge is 2.36. The number of amides is 1. The van der Waals surface area contributed by atoms with Crippen LogP contribution in [0.15, 0.2) is 33.7 Å². The smallest absolute Gasteiger partial charge is 0.338 e. The molecule has 0 spiro atoms. The van der Waals surface area contributed by atoms with Gasteiger partial charge in [-0.15, -0.1) is 11.8 Å². The van der Waals surface area contributed by atoms with E-state index in [4.69, 9.17) is 9.26 Å². The summed E-state index contributed by atoms with van der Waals surface area (Å²) >= 11 is 1.49. The predicted octanol–water partition coefficient (Wildman–Crippen LogP) is 2.25. The third kappa shape index (κ3) is 6.07. The molecule has 1 saturated heterocycles. The monoisotopic (exact) mass is 467 g/mol. The van der Waals surface area contributed by atoms with E-state index in [-0.39, 0.29) is 23.5 Å². The van der Waals surface area contributed by atoms with E-state index < -0.39 is 21.9 Å². The van der Waals surface area contributed by atoms with Gasteiger partial charge in [-0.2, -0.15) is 4.98 Å². The molecule has 1 aromatic carbocycles. The topological polar surface area (TPSA) is 120 Å². The number of thioether (sulfide) groups is 1. The van der Waals surface area contributed by atoms with Crippen LogP contribution in [-0.4, -0.2) is 65.5 Å². The molecule has 2 aromatic rings. The van der Waals surface area contributed by atoms with E-state index in [0.717, 1.165) is 4.90 Å². The molecule has 3 rings (SSSR count). The van der Waals surface area contributed by atoms with Crippen molar-refractivity contribution < 1.29 is 27.3 Å². The Kier molecular flexibility index (Phi) is 7.37. The number of aryl methyl sites for hydroxylation is 1. The Morgan fingerprint density at radius 3 is 2.58 bits per heavy atom. The van der Waals surface area contributed by atoms with Crippen LogP contribution in [0.5, 0.6) is 0 Å². The molecule has 9 nitrogen and oxygen atoms in total. The van der Waals surface area contributed by atoms with Gasteiger partial charge in [-0.05, 0) is 51.5 Å². The van der Waals surface area contributed by atoms with Crippen molar-refractivity contribution in [3.05, 3.63) is 41.5 Å². The normalized spacial score (nSPS) is 18.5. The molecular weight excluding hydrogens is 442 g/mol. The van der Waals surface area contributed by atoms with Crippen molar-refractivity contribution in [2.75, 3.05) is 18.1 Å². The molecule has 0 bridgehead atoms. The molecule has 1 fully saturated rings. The first-order chi connectivity index (χ1) is 14.7. The zero-order chi connectivity index (χ0) is 22.6. The summed E-state index contributed by atoms with van der Waals surface area (Å²) in [5.41, 5.74) is 0.323. The average Bonchev–Trinajstić information content (AvgIpc) is 3.31. The number of carbonyl (C=O) groups excluding carboxylic acids is 2. The Morgan fingerprint density at radius 2 is 2.03 bits per heavy atom. The summed E-state index contributed by atoms with van der Waals surface area (Å²) in [6, 6.07) is 6.43. The number of hydrogen-bond donors (Lipinski definition) is 0. The summed E-state index contributed by atoms with van der Waals surface area (Å²) in [5.74, 6) is 0.643. The molecule has 11 heteroatoms. The van der Waals surface area contributed by atoms with Gasteiger partial charge in [0, 0.05) is 17.5 Å². The number of likely N-dealkylation sites (N-methyl/N-ethyl adjacent to an activating group) is 1. The maximum atomic E-state index is 12.7. The van der Waals surface area contributed by atoms with Gasteiger partial charge in [0.25, 0.3) is 5.91 Å². The van der Waals surface area contributed by atoms with Gasteiger partial charge in [0.15, 0.2) is 21.8 Å². The summed E-state index contributed by atoms with van der Waals surface area (Å²) in [6.07, 6.45) is -0.601. The van der Waals surface area contributed by atoms with Crippen molar-refractivity contribution in [1.29, 1.82) is 0 Å². The molecule has 1 amide bonds. The molecule has 31 heavy (non-hydrogen) atoms. The highest BCUT2D eigenvalue weighted by molar-refractivity contribution is 7.98. The van der Waals surface area contributed by atoms with Crippen molar-refractivity contribution in [2.24, 2.45) is 0 Å². The second-order valence-electron chi connectivity index (χ2n) is 7.28. The van der Waals surface area contributed by atoms with Gasteiger partial charge in [0.1, 0.15) is 0 Å². The standard InChI is InChI=1S/C20H25N3O6S2/c1-4-23(16-9-10-31(26,27)12-16)19(24)13(2)28-20(25)15-5-7-17(8-6-15)30-11-18-21-14(3)22-29-18/h5-8,13,16H,4,9-12H2,1-3H3/t13-,16-/m1/s1. The van der Waals surface area contributed by atoms with Crippen molar-refractivity contribution in [3.8, 4) is 0 Å². The highest BCUT2D eigenvalue weighted by Crippen LogP contribution is 2.23. The molecule has 0 radical (unpaired) electrons. The fourth-order valence-corrected chi connectivity index (χ4v) is 5.83. The molecule has 1 aliphatic heterocycles. The van der Waals surface area contributed by atoms with E-state index in [1.807, 2.05) is 0 Å². The lowest BCUT2D eigenvalue weighted by Crippen LogP contribution is -2.46. The Morgan fingerprint density at radius 1 is 1.32 bits per heavy atom. The number of aromatic nitrogens is 2. The van der Waals surface area contributed by atoms with Crippen LogP contribution in [-0.2, 0) is 25.1 Å². The van der Waals surface area contributed by atoms with Crippen LogP contribution in [0.25, 0.3) is 0 Å². The molecular formula is C20H25N3O6S2. The molecule has 168 valence electrons. The van der Waals surface area contributed by atoms with Crippen LogP contribution < -0.4 is 0 Å². The summed E-state index contributed by atoms with van der Waals surface area (Å²) in [7, 11) is -3.12. The first kappa shape index (κ1) is 23.3. The zero-order valence-corrected chi connectivity index (χ0v) is 19.2. The Labute approximate surface area is 185 Å². The third-order valence-electron chi connectivity index (χ3n) is 4.93. The maximum Gasteiger partial charge on any atom is 0.338 e. The second kappa shape index (κ2) is 9.82. The number of esters is 1. The molecule has 0 N–H and O–H groups in total. The van der Waals surface area contributed by atoms with Gasteiger partial charge in [-0.3, -0.25) is 4.79 Å². The fourth-order valence-electron chi connectivity index (χ4n) is 3.36. The van der Waals surface area contributed by atoms with Crippen LogP contribution in [0.4, 0.5) is 0 Å². The van der Waals surface area contributed by atoms with Crippen molar-refractivity contribution in [1.82, 2.24) is 15.0 Å². The quantitative estimate of drug-likeness (QED) is 0.425. The van der Waals surface area contributed by atoms with Gasteiger partial charge >= 0.3 is 5.97 Å². The van der Waals surface area contributed by atoms with E-state index in [2.05, 4.69) is 10.1 Å². The highest BCUT2D eigenvalue weighted by atomic mass is 32.2. The number of ether oxygens (including phenoxy) is 1. The van der Waals surface area contributed by atoms with Crippen molar-refractivity contribution in [3.63, 3.8) is 0 Å². The number of rotatable bonds is 8. The molecule has 0 unspecified atom stereocenters. The minimum absolute atomic E-state index is 0.0461. The van der Waals surface area contributed by atoms with E-state index in [1.165, 1.54) is 23.6 Å². The Hall–Kier alpha value is -2.40. The first-order valence-electron chi connectivity index (χ1n) is 9.92. The van der Waals surface area contributed by atoms with E-state index in [1.54, 1.807) is 38.1 Å². The predicted molar refractivity (Wildman–Crippen MR) is 114 cm³/mol. The minimum atomic E-state index is -3.12. The van der Waals surface area contributed by atoms with Crippen LogP contribution in [0, 0.1) is 6.92 Å². The van der Waals surface area contributed by atoms with Crippen LogP contribution in [0.1, 0.15) is 42.3 Å². The summed E-state index contributed by atoms with van der Waals surface area (Å²) in [5, 5.41) is 3.74. The van der Waals surface area contributed by atoms with Gasteiger partial charge in [0.05, 0.1) is 22.8 Å². The largest absolute Gasteiger partial charge is 0.449 e.